The minimum atomic E-state index is -1.83. The molecule has 1 aliphatic carbocycles. The first-order valence-corrected chi connectivity index (χ1v) is 11.6. The molecule has 0 spiro atoms. The van der Waals surface area contributed by atoms with Crippen molar-refractivity contribution in [3.63, 3.8) is 0 Å². The second kappa shape index (κ2) is 9.60. The molecule has 170 valence electrons. The van der Waals surface area contributed by atoms with E-state index < -0.39 is 6.16 Å². The molecule has 3 N–H and O–H groups in total. The molecule has 0 unspecified atom stereocenters. The van der Waals surface area contributed by atoms with E-state index in [1.807, 2.05) is 12.1 Å². The topological polar surface area (TPSA) is 114 Å². The number of carbonyl (C=O) groups is 1. The number of nitrogens with zero attached hydrogens (tertiary/aromatic N) is 2. The summed E-state index contributed by atoms with van der Waals surface area (Å²) in [7, 11) is 0. The van der Waals surface area contributed by atoms with Gasteiger partial charge in [-0.2, -0.15) is 0 Å². The van der Waals surface area contributed by atoms with Gasteiger partial charge in [0.25, 0.3) is 0 Å². The molecule has 3 heterocycles. The van der Waals surface area contributed by atoms with Gasteiger partial charge < -0.3 is 25.0 Å². The van der Waals surface area contributed by atoms with Gasteiger partial charge in [-0.05, 0) is 49.9 Å². The van der Waals surface area contributed by atoms with Crippen molar-refractivity contribution in [2.24, 2.45) is 0 Å². The van der Waals surface area contributed by atoms with Crippen molar-refractivity contribution in [2.75, 3.05) is 12.1 Å². The van der Waals surface area contributed by atoms with Crippen molar-refractivity contribution < 1.29 is 24.5 Å². The third-order valence-electron chi connectivity index (χ3n) is 5.91. The van der Waals surface area contributed by atoms with Crippen LogP contribution >= 0.6 is 11.3 Å². The Morgan fingerprint density at radius 3 is 2.59 bits per heavy atom. The van der Waals surface area contributed by atoms with Crippen molar-refractivity contribution in [3.05, 3.63) is 40.0 Å². The van der Waals surface area contributed by atoms with Gasteiger partial charge in [0.2, 0.25) is 6.79 Å². The minimum absolute atomic E-state index is 0.302. The maximum Gasteiger partial charge on any atom is 0.503 e. The van der Waals surface area contributed by atoms with Crippen molar-refractivity contribution in [3.8, 4) is 11.5 Å². The van der Waals surface area contributed by atoms with E-state index in [2.05, 4.69) is 25.2 Å². The highest BCUT2D eigenvalue weighted by Gasteiger charge is 2.22. The Labute approximate surface area is 190 Å². The summed E-state index contributed by atoms with van der Waals surface area (Å²) in [5.41, 5.74) is 2.43. The smallest absolute Gasteiger partial charge is 0.454 e. The second-order valence-electron chi connectivity index (χ2n) is 8.05. The first-order valence-electron chi connectivity index (χ1n) is 10.7. The number of benzene rings is 1. The van der Waals surface area contributed by atoms with E-state index >= 15 is 0 Å². The third-order valence-corrected chi connectivity index (χ3v) is 7.01. The van der Waals surface area contributed by atoms with Gasteiger partial charge in [0, 0.05) is 17.3 Å². The molecule has 32 heavy (non-hydrogen) atoms. The van der Waals surface area contributed by atoms with Crippen LogP contribution in [0.15, 0.2) is 18.2 Å². The maximum absolute atomic E-state index is 8.56. The molecule has 5 rings (SSSR count). The van der Waals surface area contributed by atoms with Gasteiger partial charge in [-0.3, -0.25) is 0 Å². The van der Waals surface area contributed by atoms with Crippen LogP contribution in [-0.4, -0.2) is 33.1 Å². The number of anilines is 1. The van der Waals surface area contributed by atoms with Crippen LogP contribution in [0.4, 0.5) is 10.6 Å². The fraction of sp³-hybridized carbons (Fsp3) is 0.435. The molecule has 0 bridgehead atoms. The quantitative estimate of drug-likeness (QED) is 0.442. The summed E-state index contributed by atoms with van der Waals surface area (Å²) in [4.78, 5) is 21.0. The molecule has 2 aliphatic rings. The minimum Gasteiger partial charge on any atom is -0.454 e. The number of hydrogen-bond donors (Lipinski definition) is 3. The van der Waals surface area contributed by atoms with Crippen molar-refractivity contribution in [2.45, 2.75) is 58.4 Å². The summed E-state index contributed by atoms with van der Waals surface area (Å²) in [6.07, 6.45) is 4.49. The molecule has 8 nitrogen and oxygen atoms in total. The van der Waals surface area contributed by atoms with E-state index in [4.69, 9.17) is 34.4 Å². The largest absolute Gasteiger partial charge is 0.503 e. The van der Waals surface area contributed by atoms with Crippen LogP contribution in [0, 0.1) is 13.8 Å². The van der Waals surface area contributed by atoms with Gasteiger partial charge in [-0.1, -0.05) is 25.3 Å². The number of fused-ring (bicyclic) bond motifs is 2. The Hall–Kier alpha value is -3.07. The van der Waals surface area contributed by atoms with Crippen LogP contribution in [-0.2, 0) is 6.54 Å². The summed E-state index contributed by atoms with van der Waals surface area (Å²) in [6, 6.07) is 6.09. The van der Waals surface area contributed by atoms with Gasteiger partial charge in [0.05, 0.1) is 5.39 Å². The van der Waals surface area contributed by atoms with E-state index in [0.717, 1.165) is 33.5 Å². The number of thiophene rings is 1. The molecule has 2 aromatic heterocycles. The van der Waals surface area contributed by atoms with Gasteiger partial charge >= 0.3 is 6.16 Å². The number of ether oxygens (including phenoxy) is 2. The molecule has 1 fully saturated rings. The molecule has 3 aromatic rings. The molecule has 1 aliphatic heterocycles. The first-order chi connectivity index (χ1) is 15.4. The lowest BCUT2D eigenvalue weighted by Crippen LogP contribution is -2.11. The normalized spacial score (nSPS) is 15.3. The van der Waals surface area contributed by atoms with E-state index in [0.29, 0.717) is 19.3 Å². The van der Waals surface area contributed by atoms with Crippen LogP contribution in [0.2, 0.25) is 0 Å². The number of carboxylic acid groups (broad SMARTS) is 2. The van der Waals surface area contributed by atoms with Crippen LogP contribution in [0.3, 0.4) is 0 Å². The highest BCUT2D eigenvalue weighted by Crippen LogP contribution is 2.38. The lowest BCUT2D eigenvalue weighted by Gasteiger charge is -2.21. The highest BCUT2D eigenvalue weighted by molar-refractivity contribution is 7.18. The summed E-state index contributed by atoms with van der Waals surface area (Å²) in [5, 5.41) is 18.7. The Morgan fingerprint density at radius 2 is 1.84 bits per heavy atom. The van der Waals surface area contributed by atoms with Gasteiger partial charge in [0.15, 0.2) is 11.5 Å². The number of rotatable bonds is 4. The summed E-state index contributed by atoms with van der Waals surface area (Å²) < 4.78 is 10.9. The van der Waals surface area contributed by atoms with E-state index in [1.165, 1.54) is 47.9 Å². The van der Waals surface area contributed by atoms with Crippen LogP contribution < -0.4 is 14.8 Å². The Morgan fingerprint density at radius 1 is 1.12 bits per heavy atom. The number of aromatic nitrogens is 2. The number of nitrogens with one attached hydrogen (secondary N) is 1. The van der Waals surface area contributed by atoms with Gasteiger partial charge in [-0.15, -0.1) is 11.3 Å². The highest BCUT2D eigenvalue weighted by atomic mass is 32.1. The molecule has 0 amide bonds. The molecular formula is C23H27N3O5S. The second-order valence-corrected chi connectivity index (χ2v) is 9.26. The van der Waals surface area contributed by atoms with E-state index in [1.54, 1.807) is 11.3 Å². The first kappa shape index (κ1) is 22.1. The van der Waals surface area contributed by atoms with E-state index in [9.17, 15) is 0 Å². The Bertz CT molecular complexity index is 1120. The zero-order valence-electron chi connectivity index (χ0n) is 18.2. The van der Waals surface area contributed by atoms with E-state index in [-0.39, 0.29) is 0 Å². The number of aryl methyl sites for hydroxylation is 2. The predicted octanol–water partition coefficient (Wildman–Crippen LogP) is 5.92. The van der Waals surface area contributed by atoms with Crippen LogP contribution in [0.1, 0.15) is 59.9 Å². The zero-order chi connectivity index (χ0) is 22.7. The monoisotopic (exact) mass is 457 g/mol. The summed E-state index contributed by atoms with van der Waals surface area (Å²) in [6.45, 7) is 5.34. The zero-order valence-corrected chi connectivity index (χ0v) is 19.0. The van der Waals surface area contributed by atoms with Crippen LogP contribution in [0.5, 0.6) is 11.5 Å². The number of hydrogen-bond acceptors (Lipinski definition) is 7. The molecule has 9 heteroatoms. The fourth-order valence-electron chi connectivity index (χ4n) is 4.17. The molecule has 0 radical (unpaired) electrons. The van der Waals surface area contributed by atoms with Gasteiger partial charge in [0.1, 0.15) is 16.5 Å². The summed E-state index contributed by atoms with van der Waals surface area (Å²) in [5.74, 6) is 4.10. The molecule has 0 saturated heterocycles. The molecule has 1 aromatic carbocycles. The molecule has 1 saturated carbocycles. The SMILES string of the molecule is Cc1sc2nc(C3CCCCC3)nc(NCc3ccc4c(c3)OCO4)c2c1C.O=C(O)O. The van der Waals surface area contributed by atoms with Crippen molar-refractivity contribution in [1.82, 2.24) is 9.97 Å². The average Bonchev–Trinajstić information content (AvgIpc) is 3.36. The summed E-state index contributed by atoms with van der Waals surface area (Å²) >= 11 is 1.78. The predicted molar refractivity (Wildman–Crippen MR) is 123 cm³/mol. The van der Waals surface area contributed by atoms with Gasteiger partial charge in [-0.25, -0.2) is 14.8 Å². The molecular weight excluding hydrogens is 430 g/mol. The average molecular weight is 458 g/mol. The fourth-order valence-corrected chi connectivity index (χ4v) is 5.21. The standard InChI is InChI=1S/C22H25N3O2S.CH2O3/c1-13-14(2)28-22-19(13)21(24-20(25-22)16-6-4-3-5-7-16)23-11-15-8-9-17-18(10-15)27-12-26-17;2-1(3)4/h8-10,16H,3-7,11-12H2,1-2H3,(H,23,24,25);(H2,2,3,4). The van der Waals surface area contributed by atoms with Crippen LogP contribution in [0.25, 0.3) is 10.2 Å². The Balaban J connectivity index is 0.000000567. The Kier molecular flexibility index (Phi) is 6.64. The lowest BCUT2D eigenvalue weighted by molar-refractivity contribution is 0.137. The third kappa shape index (κ3) is 4.88. The lowest BCUT2D eigenvalue weighted by atomic mass is 9.88. The van der Waals surface area contributed by atoms with Crippen molar-refractivity contribution in [1.29, 1.82) is 0 Å². The van der Waals surface area contributed by atoms with Crippen molar-refractivity contribution >= 4 is 33.5 Å². The molecule has 0 atom stereocenters. The maximum atomic E-state index is 8.56.